The maximum atomic E-state index is 11.0. The minimum atomic E-state index is -0.462. The van der Waals surface area contributed by atoms with Gasteiger partial charge in [0.15, 0.2) is 0 Å². The molecule has 2 rings (SSSR count). The fourth-order valence-corrected chi connectivity index (χ4v) is 1.99. The van der Waals surface area contributed by atoms with Crippen LogP contribution in [0.2, 0.25) is 0 Å². The van der Waals surface area contributed by atoms with Crippen LogP contribution >= 0.6 is 0 Å². The Hall–Kier alpha value is -1.73. The SMILES string of the molecule is Cc1cc(C=O)c(C2(N=C=O)CC2)cc1C. The molecule has 1 aliphatic rings. The fraction of sp³-hybridized carbons (Fsp3) is 0.385. The van der Waals surface area contributed by atoms with Gasteiger partial charge in [0, 0.05) is 5.56 Å². The number of rotatable bonds is 3. The predicted octanol–water partition coefficient (Wildman–Crippen LogP) is 2.44. The molecule has 0 bridgehead atoms. The first-order valence-corrected chi connectivity index (χ1v) is 5.29. The number of carbonyl (C=O) groups excluding carboxylic acids is 2. The molecule has 1 aliphatic carbocycles. The summed E-state index contributed by atoms with van der Waals surface area (Å²) in [6.07, 6.45) is 4.10. The first-order valence-electron chi connectivity index (χ1n) is 5.29. The molecule has 3 nitrogen and oxygen atoms in total. The third-order valence-electron chi connectivity index (χ3n) is 3.28. The van der Waals surface area contributed by atoms with E-state index in [-0.39, 0.29) is 0 Å². The molecule has 0 unspecified atom stereocenters. The van der Waals surface area contributed by atoms with E-state index in [0.29, 0.717) is 5.56 Å². The Bertz CT molecular complexity index is 495. The molecule has 82 valence electrons. The van der Waals surface area contributed by atoms with E-state index in [1.54, 1.807) is 6.08 Å². The number of hydrogen-bond donors (Lipinski definition) is 0. The van der Waals surface area contributed by atoms with Crippen LogP contribution in [0.5, 0.6) is 0 Å². The lowest BCUT2D eigenvalue weighted by atomic mass is 9.94. The second-order valence-electron chi connectivity index (χ2n) is 4.38. The Kier molecular flexibility index (Phi) is 2.49. The lowest BCUT2D eigenvalue weighted by Gasteiger charge is -2.13. The zero-order chi connectivity index (χ0) is 11.8. The Labute approximate surface area is 94.2 Å². The Balaban J connectivity index is 2.60. The second kappa shape index (κ2) is 3.69. The van der Waals surface area contributed by atoms with Gasteiger partial charge in [-0.3, -0.25) is 4.79 Å². The van der Waals surface area contributed by atoms with Crippen molar-refractivity contribution in [2.45, 2.75) is 32.2 Å². The molecule has 0 radical (unpaired) electrons. The van der Waals surface area contributed by atoms with Crippen molar-refractivity contribution in [3.63, 3.8) is 0 Å². The van der Waals surface area contributed by atoms with Gasteiger partial charge in [0.2, 0.25) is 6.08 Å². The zero-order valence-corrected chi connectivity index (χ0v) is 9.41. The van der Waals surface area contributed by atoms with Crippen molar-refractivity contribution < 1.29 is 9.59 Å². The van der Waals surface area contributed by atoms with Crippen LogP contribution in [0.25, 0.3) is 0 Å². The molecule has 16 heavy (non-hydrogen) atoms. The number of aliphatic imine (C=N–C) groups is 1. The lowest BCUT2D eigenvalue weighted by Crippen LogP contribution is -2.07. The van der Waals surface area contributed by atoms with E-state index >= 15 is 0 Å². The summed E-state index contributed by atoms with van der Waals surface area (Å²) in [5.41, 5.74) is 3.24. The van der Waals surface area contributed by atoms with E-state index < -0.39 is 5.54 Å². The Morgan fingerprint density at radius 2 is 1.94 bits per heavy atom. The second-order valence-corrected chi connectivity index (χ2v) is 4.38. The zero-order valence-electron chi connectivity index (χ0n) is 9.41. The molecule has 0 aromatic heterocycles. The van der Waals surface area contributed by atoms with Crippen LogP contribution in [0.3, 0.4) is 0 Å². The summed E-state index contributed by atoms with van der Waals surface area (Å²) < 4.78 is 0. The summed E-state index contributed by atoms with van der Waals surface area (Å²) in [5, 5.41) is 0. The van der Waals surface area contributed by atoms with E-state index in [2.05, 4.69) is 4.99 Å². The maximum absolute atomic E-state index is 11.0. The third-order valence-corrected chi connectivity index (χ3v) is 3.28. The molecule has 0 N–H and O–H groups in total. The molecule has 1 saturated carbocycles. The largest absolute Gasteiger partial charge is 0.298 e. The topological polar surface area (TPSA) is 46.5 Å². The van der Waals surface area contributed by atoms with Gasteiger partial charge >= 0.3 is 0 Å². The molecule has 0 spiro atoms. The van der Waals surface area contributed by atoms with Crippen LogP contribution in [0.15, 0.2) is 17.1 Å². The van der Waals surface area contributed by atoms with Crippen LogP contribution < -0.4 is 0 Å². The van der Waals surface area contributed by atoms with Crippen molar-refractivity contribution in [2.24, 2.45) is 4.99 Å². The predicted molar refractivity (Wildman–Crippen MR) is 60.3 cm³/mol. The van der Waals surface area contributed by atoms with Crippen LogP contribution in [0.4, 0.5) is 0 Å². The number of benzene rings is 1. The molecule has 0 saturated heterocycles. The van der Waals surface area contributed by atoms with Crippen molar-refractivity contribution in [3.05, 3.63) is 34.4 Å². The molecule has 1 aromatic carbocycles. The number of isocyanates is 1. The lowest BCUT2D eigenvalue weighted by molar-refractivity contribution is 0.112. The van der Waals surface area contributed by atoms with Crippen LogP contribution in [0, 0.1) is 13.8 Å². The van der Waals surface area contributed by atoms with E-state index in [1.165, 1.54) is 0 Å². The number of carbonyl (C=O) groups is 1. The molecule has 3 heteroatoms. The molecule has 0 heterocycles. The van der Waals surface area contributed by atoms with E-state index in [0.717, 1.165) is 35.8 Å². The first kappa shape index (κ1) is 10.8. The number of aldehydes is 1. The highest BCUT2D eigenvalue weighted by atomic mass is 16.1. The van der Waals surface area contributed by atoms with Gasteiger partial charge in [-0.25, -0.2) is 4.79 Å². The molecule has 1 aromatic rings. The highest BCUT2D eigenvalue weighted by Crippen LogP contribution is 2.50. The highest BCUT2D eigenvalue weighted by molar-refractivity contribution is 5.79. The van der Waals surface area contributed by atoms with E-state index in [4.69, 9.17) is 0 Å². The van der Waals surface area contributed by atoms with Gasteiger partial charge in [0.1, 0.15) is 6.29 Å². The maximum Gasteiger partial charge on any atom is 0.235 e. The molecule has 1 fully saturated rings. The van der Waals surface area contributed by atoms with Gasteiger partial charge in [-0.1, -0.05) is 6.07 Å². The average Bonchev–Trinajstić information content (AvgIpc) is 3.03. The average molecular weight is 215 g/mol. The number of aryl methyl sites for hydroxylation is 2. The number of hydrogen-bond acceptors (Lipinski definition) is 3. The molecule has 0 atom stereocenters. The highest BCUT2D eigenvalue weighted by Gasteiger charge is 2.46. The van der Waals surface area contributed by atoms with Gasteiger partial charge in [-0.2, -0.15) is 4.99 Å². The third kappa shape index (κ3) is 1.59. The quantitative estimate of drug-likeness (QED) is 0.441. The molecule has 0 aliphatic heterocycles. The van der Waals surface area contributed by atoms with Crippen molar-refractivity contribution in [1.29, 1.82) is 0 Å². The van der Waals surface area contributed by atoms with Gasteiger partial charge in [-0.05, 0) is 49.4 Å². The van der Waals surface area contributed by atoms with Crippen molar-refractivity contribution in [3.8, 4) is 0 Å². The van der Waals surface area contributed by atoms with Crippen LogP contribution in [0.1, 0.15) is 39.9 Å². The van der Waals surface area contributed by atoms with Gasteiger partial charge in [-0.15, -0.1) is 0 Å². The van der Waals surface area contributed by atoms with E-state index in [9.17, 15) is 9.59 Å². The summed E-state index contributed by atoms with van der Waals surface area (Å²) in [4.78, 5) is 25.3. The van der Waals surface area contributed by atoms with Crippen molar-refractivity contribution in [1.82, 2.24) is 0 Å². The standard InChI is InChI=1S/C13H13NO2/c1-9-5-11(7-15)12(6-10(9)2)13(3-4-13)14-8-16/h5-7H,3-4H2,1-2H3. The fourth-order valence-electron chi connectivity index (χ4n) is 1.99. The van der Waals surface area contributed by atoms with Gasteiger partial charge in [0.25, 0.3) is 0 Å². The molecular weight excluding hydrogens is 202 g/mol. The van der Waals surface area contributed by atoms with E-state index in [1.807, 2.05) is 26.0 Å². The van der Waals surface area contributed by atoms with Crippen LogP contribution in [-0.2, 0) is 10.3 Å². The minimum Gasteiger partial charge on any atom is -0.298 e. The Morgan fingerprint density at radius 1 is 1.31 bits per heavy atom. The summed E-state index contributed by atoms with van der Waals surface area (Å²) >= 11 is 0. The Morgan fingerprint density at radius 3 is 2.44 bits per heavy atom. The van der Waals surface area contributed by atoms with Crippen LogP contribution in [-0.4, -0.2) is 12.4 Å². The smallest absolute Gasteiger partial charge is 0.235 e. The molecular formula is C13H13NO2. The van der Waals surface area contributed by atoms with Crippen molar-refractivity contribution in [2.75, 3.05) is 0 Å². The normalized spacial score (nSPS) is 16.4. The summed E-state index contributed by atoms with van der Waals surface area (Å²) in [6.45, 7) is 3.96. The van der Waals surface area contributed by atoms with Crippen molar-refractivity contribution >= 4 is 12.4 Å². The summed E-state index contributed by atoms with van der Waals surface area (Å²) in [6, 6.07) is 3.82. The molecule has 0 amide bonds. The summed E-state index contributed by atoms with van der Waals surface area (Å²) in [5.74, 6) is 0. The van der Waals surface area contributed by atoms with Gasteiger partial charge in [0.05, 0.1) is 5.54 Å². The first-order chi connectivity index (χ1) is 7.63. The summed E-state index contributed by atoms with van der Waals surface area (Å²) in [7, 11) is 0. The monoisotopic (exact) mass is 215 g/mol. The number of nitrogens with zero attached hydrogens (tertiary/aromatic N) is 1. The van der Waals surface area contributed by atoms with Gasteiger partial charge < -0.3 is 0 Å². The minimum absolute atomic E-state index is 0.462.